The van der Waals surface area contributed by atoms with E-state index in [0.717, 1.165) is 42.6 Å². The molecule has 208 valence electrons. The highest BCUT2D eigenvalue weighted by molar-refractivity contribution is 7.13. The molecule has 4 aromatic rings. The number of thiazole rings is 1. The van der Waals surface area contributed by atoms with Gasteiger partial charge < -0.3 is 14.8 Å². The minimum atomic E-state index is -4.62. The normalized spacial score (nSPS) is 16.3. The van der Waals surface area contributed by atoms with Crippen molar-refractivity contribution in [2.75, 3.05) is 25.5 Å². The number of hydrogen-bond donors (Lipinski definition) is 1. The van der Waals surface area contributed by atoms with Gasteiger partial charge in [-0.15, -0.1) is 11.3 Å². The van der Waals surface area contributed by atoms with Gasteiger partial charge in [0.1, 0.15) is 10.8 Å². The Labute approximate surface area is 231 Å². The lowest BCUT2D eigenvalue weighted by atomic mass is 9.98. The number of carbonyl (C=O) groups is 2. The summed E-state index contributed by atoms with van der Waals surface area (Å²) in [5.41, 5.74) is 0.553. The van der Waals surface area contributed by atoms with Gasteiger partial charge in [0.2, 0.25) is 5.91 Å². The van der Waals surface area contributed by atoms with Gasteiger partial charge in [0.05, 0.1) is 11.1 Å². The Morgan fingerprint density at radius 1 is 1.15 bits per heavy atom. The number of hydrogen-bond acceptors (Lipinski definition) is 7. The molecule has 0 spiro atoms. The molecule has 1 unspecified atom stereocenters. The number of benzene rings is 1. The van der Waals surface area contributed by atoms with E-state index < -0.39 is 23.2 Å². The van der Waals surface area contributed by atoms with Gasteiger partial charge in [0.25, 0.3) is 0 Å². The number of halogens is 3. The third kappa shape index (κ3) is 5.41. The molecule has 1 amide bonds. The van der Waals surface area contributed by atoms with Crippen LogP contribution < -0.4 is 10.7 Å². The number of likely N-dealkylation sites (N-methyl/N-ethyl adjacent to an activating group) is 1. The quantitative estimate of drug-likeness (QED) is 0.313. The molecule has 1 aliphatic heterocycles. The number of fused-ring (bicyclic) bond motifs is 1. The molecule has 40 heavy (non-hydrogen) atoms. The molecule has 1 aliphatic rings. The third-order valence-corrected chi connectivity index (χ3v) is 7.82. The van der Waals surface area contributed by atoms with Gasteiger partial charge in [-0.05, 0) is 57.1 Å². The summed E-state index contributed by atoms with van der Waals surface area (Å²) in [7, 11) is 2.03. The van der Waals surface area contributed by atoms with Gasteiger partial charge in [0, 0.05) is 53.8 Å². The van der Waals surface area contributed by atoms with E-state index in [4.69, 9.17) is 0 Å². The van der Waals surface area contributed by atoms with E-state index in [1.165, 1.54) is 26.1 Å². The SMILES string of the molecule is CC(=O)Nc1cc(-c2nc(C(F)(F)F)cs2)c(-c2ccc3c(c2)c(=O)c(C(C)=O)cn3C2CCCN(C)C2)cn1. The van der Waals surface area contributed by atoms with E-state index in [2.05, 4.69) is 20.2 Å². The van der Waals surface area contributed by atoms with Gasteiger partial charge >= 0.3 is 6.18 Å². The number of anilines is 1. The second-order valence-electron chi connectivity index (χ2n) is 9.96. The van der Waals surface area contributed by atoms with E-state index in [1.54, 1.807) is 24.4 Å². The number of nitrogens with zero attached hydrogens (tertiary/aromatic N) is 4. The minimum absolute atomic E-state index is 0.0658. The molecule has 0 aliphatic carbocycles. The molecule has 1 fully saturated rings. The first-order valence-electron chi connectivity index (χ1n) is 12.6. The van der Waals surface area contributed by atoms with Crippen LogP contribution in [0.4, 0.5) is 19.0 Å². The summed E-state index contributed by atoms with van der Waals surface area (Å²) in [5, 5.41) is 3.88. The molecule has 12 heteroatoms. The van der Waals surface area contributed by atoms with Crippen LogP contribution in [-0.4, -0.2) is 51.3 Å². The molecule has 1 N–H and O–H groups in total. The number of alkyl halides is 3. The van der Waals surface area contributed by atoms with Gasteiger partial charge in [-0.25, -0.2) is 9.97 Å². The number of pyridine rings is 2. The van der Waals surface area contributed by atoms with E-state index >= 15 is 0 Å². The summed E-state index contributed by atoms with van der Waals surface area (Å²) in [6.07, 6.45) is 0.323. The topological polar surface area (TPSA) is 97.2 Å². The average Bonchev–Trinajstić information content (AvgIpc) is 3.39. The number of Topliss-reactive ketones (excluding diaryl/α,β-unsaturated/α-hetero) is 1. The zero-order valence-electron chi connectivity index (χ0n) is 22.0. The maximum atomic E-state index is 13.5. The first kappa shape index (κ1) is 27.7. The van der Waals surface area contributed by atoms with Crippen molar-refractivity contribution in [1.29, 1.82) is 0 Å². The van der Waals surface area contributed by atoms with E-state index in [-0.39, 0.29) is 28.2 Å². The third-order valence-electron chi connectivity index (χ3n) is 6.95. The number of carbonyl (C=O) groups excluding carboxylic acids is 2. The van der Waals surface area contributed by atoms with E-state index in [9.17, 15) is 27.6 Å². The monoisotopic (exact) mass is 569 g/mol. The second-order valence-corrected chi connectivity index (χ2v) is 10.8. The summed E-state index contributed by atoms with van der Waals surface area (Å²) in [4.78, 5) is 47.8. The van der Waals surface area contributed by atoms with Crippen LogP contribution in [-0.2, 0) is 11.0 Å². The molecule has 5 rings (SSSR count). The Bertz CT molecular complexity index is 1690. The average molecular weight is 570 g/mol. The summed E-state index contributed by atoms with van der Waals surface area (Å²) < 4.78 is 42.0. The van der Waals surface area contributed by atoms with Crippen molar-refractivity contribution in [3.8, 4) is 21.7 Å². The fourth-order valence-electron chi connectivity index (χ4n) is 5.08. The molecule has 0 bridgehead atoms. The molecule has 1 atom stereocenters. The molecular weight excluding hydrogens is 543 g/mol. The largest absolute Gasteiger partial charge is 0.434 e. The van der Waals surface area contributed by atoms with Crippen molar-refractivity contribution in [3.63, 3.8) is 0 Å². The number of nitrogens with one attached hydrogen (secondary N) is 1. The van der Waals surface area contributed by atoms with Crippen molar-refractivity contribution in [3.05, 3.63) is 63.5 Å². The predicted octanol–water partition coefficient (Wildman–Crippen LogP) is 5.63. The zero-order chi connectivity index (χ0) is 28.8. The Kier molecular flexibility index (Phi) is 7.32. The number of ketones is 1. The Morgan fingerprint density at radius 2 is 1.93 bits per heavy atom. The molecule has 4 heterocycles. The predicted molar refractivity (Wildman–Crippen MR) is 148 cm³/mol. The van der Waals surface area contributed by atoms with Gasteiger partial charge in [0.15, 0.2) is 16.9 Å². The fraction of sp³-hybridized carbons (Fsp3) is 0.321. The Hall–Kier alpha value is -3.90. The van der Waals surface area contributed by atoms with Crippen molar-refractivity contribution in [2.45, 2.75) is 38.9 Å². The zero-order valence-corrected chi connectivity index (χ0v) is 22.8. The minimum Gasteiger partial charge on any atom is -0.342 e. The number of likely N-dealkylation sites (tertiary alicyclic amines) is 1. The number of aromatic nitrogens is 3. The number of amides is 1. The Morgan fingerprint density at radius 3 is 2.58 bits per heavy atom. The van der Waals surface area contributed by atoms with E-state index in [0.29, 0.717) is 27.6 Å². The highest BCUT2D eigenvalue weighted by Crippen LogP contribution is 2.39. The summed E-state index contributed by atoms with van der Waals surface area (Å²) in [6.45, 7) is 4.38. The summed E-state index contributed by atoms with van der Waals surface area (Å²) in [5.74, 6) is -0.587. The smallest absolute Gasteiger partial charge is 0.342 e. The number of piperidine rings is 1. The van der Waals surface area contributed by atoms with Crippen LogP contribution in [0.1, 0.15) is 48.8 Å². The summed E-state index contributed by atoms with van der Waals surface area (Å²) >= 11 is 0.814. The van der Waals surface area contributed by atoms with Crippen LogP contribution in [0.15, 0.2) is 46.8 Å². The molecule has 3 aromatic heterocycles. The van der Waals surface area contributed by atoms with Gasteiger partial charge in [-0.1, -0.05) is 6.07 Å². The molecule has 0 radical (unpaired) electrons. The van der Waals surface area contributed by atoms with Crippen molar-refractivity contribution in [1.82, 2.24) is 19.4 Å². The van der Waals surface area contributed by atoms with E-state index in [1.807, 2.05) is 11.6 Å². The van der Waals surface area contributed by atoms with Gasteiger partial charge in [-0.2, -0.15) is 13.2 Å². The van der Waals surface area contributed by atoms with Gasteiger partial charge in [-0.3, -0.25) is 14.4 Å². The maximum absolute atomic E-state index is 13.5. The van der Waals surface area contributed by atoms with Crippen LogP contribution in [0.2, 0.25) is 0 Å². The van der Waals surface area contributed by atoms with Crippen molar-refractivity contribution in [2.24, 2.45) is 0 Å². The molecular formula is C28H26F3N5O3S. The number of rotatable bonds is 5. The maximum Gasteiger partial charge on any atom is 0.434 e. The van der Waals surface area contributed by atoms with Crippen LogP contribution in [0.3, 0.4) is 0 Å². The lowest BCUT2D eigenvalue weighted by Crippen LogP contribution is -2.34. The van der Waals surface area contributed by atoms with Crippen LogP contribution in [0.25, 0.3) is 32.6 Å². The molecule has 8 nitrogen and oxygen atoms in total. The second kappa shape index (κ2) is 10.6. The van der Waals surface area contributed by atoms with Crippen LogP contribution in [0.5, 0.6) is 0 Å². The van der Waals surface area contributed by atoms with Crippen LogP contribution in [0, 0.1) is 0 Å². The summed E-state index contributed by atoms with van der Waals surface area (Å²) in [6, 6.07) is 6.73. The Balaban J connectivity index is 1.71. The lowest BCUT2D eigenvalue weighted by Gasteiger charge is -2.32. The molecule has 1 aromatic carbocycles. The highest BCUT2D eigenvalue weighted by atomic mass is 32.1. The highest BCUT2D eigenvalue weighted by Gasteiger charge is 2.34. The molecule has 1 saturated heterocycles. The molecule has 0 saturated carbocycles. The van der Waals surface area contributed by atoms with Crippen LogP contribution >= 0.6 is 11.3 Å². The lowest BCUT2D eigenvalue weighted by molar-refractivity contribution is -0.140. The van der Waals surface area contributed by atoms with Crippen molar-refractivity contribution >= 4 is 39.7 Å². The fourth-order valence-corrected chi connectivity index (χ4v) is 5.94. The first-order valence-corrected chi connectivity index (χ1v) is 13.5. The standard InChI is InChI=1S/C28H26F3N5O3S/c1-15(37)22-13-36(18-5-4-8-35(3)12-18)23-7-6-17(9-20(23)26(22)39)21-11-32-25(33-16(2)38)10-19(21)27-34-24(14-40-27)28(29,30)31/h6-7,9-11,13-14,18H,4-5,8,12H2,1-3H3,(H,32,33,38). The van der Waals surface area contributed by atoms with Crippen molar-refractivity contribution < 1.29 is 22.8 Å². The first-order chi connectivity index (χ1) is 18.9.